The number of nitrogens with one attached hydrogen (secondary N) is 1. The SMILES string of the molecule is CNCCCC(=O)N(CCc1ccccc1)C1CCCC1.Cl. The maximum atomic E-state index is 12.5. The highest BCUT2D eigenvalue weighted by molar-refractivity contribution is 5.85. The minimum atomic E-state index is 0. The molecule has 0 saturated heterocycles. The molecule has 1 N–H and O–H groups in total. The topological polar surface area (TPSA) is 32.3 Å². The Morgan fingerprint density at radius 1 is 1.23 bits per heavy atom. The maximum absolute atomic E-state index is 12.5. The summed E-state index contributed by atoms with van der Waals surface area (Å²) in [6, 6.07) is 11.0. The van der Waals surface area contributed by atoms with Gasteiger partial charge in [0.2, 0.25) is 5.91 Å². The van der Waals surface area contributed by atoms with E-state index in [9.17, 15) is 4.79 Å². The van der Waals surface area contributed by atoms with E-state index in [1.807, 2.05) is 13.1 Å². The Hall–Kier alpha value is -1.06. The second kappa shape index (κ2) is 10.6. The van der Waals surface area contributed by atoms with Gasteiger partial charge in [-0.25, -0.2) is 0 Å². The van der Waals surface area contributed by atoms with Crippen molar-refractivity contribution in [2.24, 2.45) is 0 Å². The minimum absolute atomic E-state index is 0. The number of halogens is 1. The van der Waals surface area contributed by atoms with Crippen molar-refractivity contribution in [1.29, 1.82) is 0 Å². The van der Waals surface area contributed by atoms with Gasteiger partial charge in [0.1, 0.15) is 0 Å². The van der Waals surface area contributed by atoms with Gasteiger partial charge in [-0.2, -0.15) is 0 Å². The largest absolute Gasteiger partial charge is 0.339 e. The standard InChI is InChI=1S/C18H28N2O.ClH/c1-19-14-7-12-18(21)20(17-10-5-6-11-17)15-13-16-8-3-2-4-9-16;/h2-4,8-9,17,19H,5-7,10-15H2,1H3;1H. The Balaban J connectivity index is 0.00000242. The highest BCUT2D eigenvalue weighted by atomic mass is 35.5. The third-order valence-electron chi connectivity index (χ3n) is 4.39. The average molecular weight is 325 g/mol. The van der Waals surface area contributed by atoms with Gasteiger partial charge in [-0.05, 0) is 44.8 Å². The average Bonchev–Trinajstić information content (AvgIpc) is 3.03. The minimum Gasteiger partial charge on any atom is -0.339 e. The van der Waals surface area contributed by atoms with E-state index < -0.39 is 0 Å². The zero-order valence-electron chi connectivity index (χ0n) is 13.6. The fourth-order valence-corrected chi connectivity index (χ4v) is 3.18. The smallest absolute Gasteiger partial charge is 0.222 e. The highest BCUT2D eigenvalue weighted by Gasteiger charge is 2.25. The molecule has 3 nitrogen and oxygen atoms in total. The zero-order chi connectivity index (χ0) is 14.9. The lowest BCUT2D eigenvalue weighted by Crippen LogP contribution is -2.40. The Kier molecular flexibility index (Phi) is 9.17. The van der Waals surface area contributed by atoms with Gasteiger partial charge in [0.05, 0.1) is 0 Å². The Labute approximate surface area is 140 Å². The molecule has 1 amide bonds. The summed E-state index contributed by atoms with van der Waals surface area (Å²) in [6.07, 6.45) is 7.50. The van der Waals surface area contributed by atoms with Gasteiger partial charge in [0.25, 0.3) is 0 Å². The second-order valence-corrected chi connectivity index (χ2v) is 5.97. The summed E-state index contributed by atoms with van der Waals surface area (Å²) in [5.41, 5.74) is 1.32. The number of nitrogens with zero attached hydrogens (tertiary/aromatic N) is 1. The lowest BCUT2D eigenvalue weighted by atomic mass is 10.1. The van der Waals surface area contributed by atoms with Gasteiger partial charge in [0, 0.05) is 19.0 Å². The lowest BCUT2D eigenvalue weighted by molar-refractivity contribution is -0.133. The summed E-state index contributed by atoms with van der Waals surface area (Å²) in [4.78, 5) is 14.7. The summed E-state index contributed by atoms with van der Waals surface area (Å²) in [7, 11) is 1.94. The molecule has 1 saturated carbocycles. The predicted octanol–water partition coefficient (Wildman–Crippen LogP) is 3.42. The summed E-state index contributed by atoms with van der Waals surface area (Å²) < 4.78 is 0. The van der Waals surface area contributed by atoms with Crippen LogP contribution in [0.15, 0.2) is 30.3 Å². The van der Waals surface area contributed by atoms with Crippen LogP contribution >= 0.6 is 12.4 Å². The molecular formula is C18H29ClN2O. The van der Waals surface area contributed by atoms with E-state index in [-0.39, 0.29) is 12.4 Å². The number of carbonyl (C=O) groups excluding carboxylic acids is 1. The summed E-state index contributed by atoms with van der Waals surface area (Å²) in [5.74, 6) is 0.341. The molecule has 0 aromatic heterocycles. The van der Waals surface area contributed by atoms with Crippen molar-refractivity contribution in [3.63, 3.8) is 0 Å². The first kappa shape index (κ1) is 19.0. The fourth-order valence-electron chi connectivity index (χ4n) is 3.18. The molecule has 1 aromatic carbocycles. The van der Waals surface area contributed by atoms with Crippen molar-refractivity contribution in [3.05, 3.63) is 35.9 Å². The molecule has 0 radical (unpaired) electrons. The third kappa shape index (κ3) is 5.98. The van der Waals surface area contributed by atoms with Crippen molar-refractivity contribution in [3.8, 4) is 0 Å². The molecule has 1 aliphatic carbocycles. The van der Waals surface area contributed by atoms with E-state index in [0.29, 0.717) is 18.4 Å². The summed E-state index contributed by atoms with van der Waals surface area (Å²) >= 11 is 0. The molecule has 22 heavy (non-hydrogen) atoms. The predicted molar refractivity (Wildman–Crippen MR) is 94.5 cm³/mol. The molecule has 124 valence electrons. The van der Waals surface area contributed by atoms with Gasteiger partial charge in [-0.3, -0.25) is 4.79 Å². The van der Waals surface area contributed by atoms with Crippen LogP contribution in [0.2, 0.25) is 0 Å². The van der Waals surface area contributed by atoms with Crippen molar-refractivity contribution < 1.29 is 4.79 Å². The number of benzene rings is 1. The fraction of sp³-hybridized carbons (Fsp3) is 0.611. The van der Waals surface area contributed by atoms with Gasteiger partial charge < -0.3 is 10.2 Å². The van der Waals surface area contributed by atoms with Crippen LogP contribution in [0.1, 0.15) is 44.1 Å². The van der Waals surface area contributed by atoms with E-state index >= 15 is 0 Å². The van der Waals surface area contributed by atoms with Crippen LogP contribution in [0.3, 0.4) is 0 Å². The Bertz CT molecular complexity index is 418. The van der Waals surface area contributed by atoms with Crippen LogP contribution in [-0.4, -0.2) is 37.0 Å². The van der Waals surface area contributed by atoms with E-state index in [0.717, 1.165) is 25.9 Å². The number of hydrogen-bond donors (Lipinski definition) is 1. The summed E-state index contributed by atoms with van der Waals surface area (Å²) in [5, 5.41) is 3.12. The molecular weight excluding hydrogens is 296 g/mol. The van der Waals surface area contributed by atoms with Crippen molar-refractivity contribution >= 4 is 18.3 Å². The molecule has 1 aliphatic rings. The van der Waals surface area contributed by atoms with Gasteiger partial charge in [0.15, 0.2) is 0 Å². The van der Waals surface area contributed by atoms with Crippen molar-refractivity contribution in [1.82, 2.24) is 10.2 Å². The lowest BCUT2D eigenvalue weighted by Gasteiger charge is -2.29. The zero-order valence-corrected chi connectivity index (χ0v) is 14.4. The molecule has 0 atom stereocenters. The third-order valence-corrected chi connectivity index (χ3v) is 4.39. The quantitative estimate of drug-likeness (QED) is 0.743. The van der Waals surface area contributed by atoms with E-state index in [1.165, 1.54) is 31.2 Å². The highest BCUT2D eigenvalue weighted by Crippen LogP contribution is 2.24. The van der Waals surface area contributed by atoms with Crippen LogP contribution in [0, 0.1) is 0 Å². The van der Waals surface area contributed by atoms with Gasteiger partial charge in [-0.15, -0.1) is 12.4 Å². The first-order chi connectivity index (χ1) is 10.3. The van der Waals surface area contributed by atoms with Crippen molar-refractivity contribution in [2.45, 2.75) is 51.0 Å². The number of amides is 1. The molecule has 4 heteroatoms. The maximum Gasteiger partial charge on any atom is 0.222 e. The monoisotopic (exact) mass is 324 g/mol. The molecule has 2 rings (SSSR count). The molecule has 1 aromatic rings. The number of hydrogen-bond acceptors (Lipinski definition) is 2. The van der Waals surface area contributed by atoms with Crippen LogP contribution in [0.4, 0.5) is 0 Å². The van der Waals surface area contributed by atoms with Crippen LogP contribution in [-0.2, 0) is 11.2 Å². The number of rotatable bonds is 8. The molecule has 0 aliphatic heterocycles. The normalized spacial score (nSPS) is 14.6. The second-order valence-electron chi connectivity index (χ2n) is 5.97. The van der Waals surface area contributed by atoms with E-state index in [4.69, 9.17) is 0 Å². The van der Waals surface area contributed by atoms with Crippen molar-refractivity contribution in [2.75, 3.05) is 20.1 Å². The first-order valence-electron chi connectivity index (χ1n) is 8.29. The van der Waals surface area contributed by atoms with Crippen LogP contribution in [0.5, 0.6) is 0 Å². The Morgan fingerprint density at radius 2 is 1.91 bits per heavy atom. The van der Waals surface area contributed by atoms with Crippen LogP contribution in [0.25, 0.3) is 0 Å². The first-order valence-corrected chi connectivity index (χ1v) is 8.29. The molecule has 0 heterocycles. The summed E-state index contributed by atoms with van der Waals surface area (Å²) in [6.45, 7) is 1.79. The van der Waals surface area contributed by atoms with Crippen LogP contribution < -0.4 is 5.32 Å². The van der Waals surface area contributed by atoms with E-state index in [1.54, 1.807) is 0 Å². The molecule has 0 unspecified atom stereocenters. The van der Waals surface area contributed by atoms with Gasteiger partial charge >= 0.3 is 0 Å². The number of carbonyl (C=O) groups is 1. The molecule has 0 spiro atoms. The van der Waals surface area contributed by atoms with Gasteiger partial charge in [-0.1, -0.05) is 43.2 Å². The molecule has 1 fully saturated rings. The molecule has 0 bridgehead atoms. The Morgan fingerprint density at radius 3 is 2.55 bits per heavy atom. The van der Waals surface area contributed by atoms with E-state index in [2.05, 4.69) is 34.5 Å².